The van der Waals surface area contributed by atoms with Gasteiger partial charge in [-0.3, -0.25) is 0 Å². The van der Waals surface area contributed by atoms with E-state index < -0.39 is 11.9 Å². The van der Waals surface area contributed by atoms with Crippen LogP contribution in [0, 0.1) is 6.92 Å². The molecule has 0 amide bonds. The predicted octanol–water partition coefficient (Wildman–Crippen LogP) is 3.57. The number of rotatable bonds is 6. The fourth-order valence-corrected chi connectivity index (χ4v) is 2.00. The van der Waals surface area contributed by atoms with Gasteiger partial charge < -0.3 is 9.47 Å². The molecule has 2 aromatic carbocycles. The fraction of sp³-hybridized carbons (Fsp3) is 0.263. The average Bonchev–Trinajstić information content (AvgIpc) is 2.59. The molecule has 0 unspecified atom stereocenters. The molecule has 0 saturated heterocycles. The summed E-state index contributed by atoms with van der Waals surface area (Å²) < 4.78 is 10.2. The minimum Gasteiger partial charge on any atom is -0.458 e. The number of carbonyl (C=O) groups is 2. The molecular formula is C19H20O4. The summed E-state index contributed by atoms with van der Waals surface area (Å²) in [5.41, 5.74) is 3.21. The Morgan fingerprint density at radius 2 is 1.22 bits per heavy atom. The van der Waals surface area contributed by atoms with Gasteiger partial charge in [-0.05, 0) is 43.2 Å². The van der Waals surface area contributed by atoms with Crippen LogP contribution >= 0.6 is 0 Å². The lowest BCUT2D eigenvalue weighted by Gasteiger charge is -2.07. The monoisotopic (exact) mass is 312 g/mol. The standard InChI is InChI=1S/C19H20O4/c1-3-15-6-10-17(11-7-15)19(21)23-13-12-22-18(20)16-8-4-14(2)5-9-16/h4-11H,3,12-13H2,1-2H3. The van der Waals surface area contributed by atoms with Gasteiger partial charge >= 0.3 is 11.9 Å². The summed E-state index contributed by atoms with van der Waals surface area (Å²) in [6.45, 7) is 4.06. The highest BCUT2D eigenvalue weighted by Crippen LogP contribution is 2.07. The maximum Gasteiger partial charge on any atom is 0.338 e. The number of esters is 2. The van der Waals surface area contributed by atoms with E-state index in [0.717, 1.165) is 17.5 Å². The molecule has 0 heterocycles. The van der Waals surface area contributed by atoms with E-state index in [4.69, 9.17) is 9.47 Å². The van der Waals surface area contributed by atoms with Crippen LogP contribution in [-0.4, -0.2) is 25.2 Å². The van der Waals surface area contributed by atoms with Crippen LogP contribution in [0.25, 0.3) is 0 Å². The van der Waals surface area contributed by atoms with Gasteiger partial charge in [-0.2, -0.15) is 0 Å². The van der Waals surface area contributed by atoms with E-state index >= 15 is 0 Å². The second-order valence-corrected chi connectivity index (χ2v) is 5.19. The molecule has 0 atom stereocenters. The van der Waals surface area contributed by atoms with E-state index in [1.165, 1.54) is 0 Å². The Morgan fingerprint density at radius 1 is 0.783 bits per heavy atom. The normalized spacial score (nSPS) is 10.2. The molecule has 2 rings (SSSR count). The lowest BCUT2D eigenvalue weighted by atomic mass is 10.1. The molecule has 0 aliphatic heterocycles. The van der Waals surface area contributed by atoms with Gasteiger partial charge in [0.05, 0.1) is 11.1 Å². The van der Waals surface area contributed by atoms with Gasteiger partial charge in [0.2, 0.25) is 0 Å². The molecule has 0 fully saturated rings. The van der Waals surface area contributed by atoms with Crippen molar-refractivity contribution >= 4 is 11.9 Å². The molecule has 0 N–H and O–H groups in total. The molecule has 0 aliphatic carbocycles. The zero-order valence-electron chi connectivity index (χ0n) is 13.4. The zero-order chi connectivity index (χ0) is 16.7. The minimum atomic E-state index is -0.423. The molecule has 2 aromatic rings. The summed E-state index contributed by atoms with van der Waals surface area (Å²) in [6, 6.07) is 14.4. The van der Waals surface area contributed by atoms with E-state index in [2.05, 4.69) is 6.92 Å². The minimum absolute atomic E-state index is 0.0332. The van der Waals surface area contributed by atoms with Crippen LogP contribution < -0.4 is 0 Å². The first-order valence-corrected chi connectivity index (χ1v) is 7.60. The van der Waals surface area contributed by atoms with Gasteiger partial charge in [0.1, 0.15) is 13.2 Å². The first-order chi connectivity index (χ1) is 11.1. The highest BCUT2D eigenvalue weighted by atomic mass is 16.6. The highest BCUT2D eigenvalue weighted by molar-refractivity contribution is 5.90. The zero-order valence-corrected chi connectivity index (χ0v) is 13.4. The summed E-state index contributed by atoms with van der Waals surface area (Å²) in [5.74, 6) is -0.840. The van der Waals surface area contributed by atoms with Gasteiger partial charge in [0.25, 0.3) is 0 Å². The second kappa shape index (κ2) is 8.13. The topological polar surface area (TPSA) is 52.6 Å². The lowest BCUT2D eigenvalue weighted by Crippen LogP contribution is -2.14. The van der Waals surface area contributed by atoms with Crippen molar-refractivity contribution in [3.8, 4) is 0 Å². The van der Waals surface area contributed by atoms with Gasteiger partial charge in [-0.1, -0.05) is 36.8 Å². The fourth-order valence-electron chi connectivity index (χ4n) is 2.00. The Hall–Kier alpha value is -2.62. The van der Waals surface area contributed by atoms with Crippen molar-refractivity contribution in [3.63, 3.8) is 0 Å². The summed E-state index contributed by atoms with van der Waals surface area (Å²) in [4.78, 5) is 23.6. The molecule has 120 valence electrons. The molecule has 0 radical (unpaired) electrons. The summed E-state index contributed by atoms with van der Waals surface area (Å²) in [5, 5.41) is 0. The number of benzene rings is 2. The van der Waals surface area contributed by atoms with Crippen molar-refractivity contribution in [1.29, 1.82) is 0 Å². The molecule has 4 nitrogen and oxygen atoms in total. The van der Waals surface area contributed by atoms with E-state index in [-0.39, 0.29) is 13.2 Å². The SMILES string of the molecule is CCc1ccc(C(=O)OCCOC(=O)c2ccc(C)cc2)cc1. The first kappa shape index (κ1) is 16.7. The van der Waals surface area contributed by atoms with E-state index in [9.17, 15) is 9.59 Å². The van der Waals surface area contributed by atoms with Crippen LogP contribution in [0.2, 0.25) is 0 Å². The third-order valence-electron chi connectivity index (χ3n) is 3.43. The van der Waals surface area contributed by atoms with Crippen molar-refractivity contribution in [2.24, 2.45) is 0 Å². The third kappa shape index (κ3) is 4.95. The maximum absolute atomic E-state index is 11.8. The smallest absolute Gasteiger partial charge is 0.338 e. The summed E-state index contributed by atoms with van der Waals surface area (Å²) in [7, 11) is 0. The molecule has 0 aliphatic rings. The van der Waals surface area contributed by atoms with Crippen LogP contribution in [0.3, 0.4) is 0 Å². The van der Waals surface area contributed by atoms with E-state index in [1.54, 1.807) is 24.3 Å². The molecule has 0 bridgehead atoms. The van der Waals surface area contributed by atoms with Crippen molar-refractivity contribution in [3.05, 3.63) is 70.8 Å². The van der Waals surface area contributed by atoms with Gasteiger partial charge in [-0.15, -0.1) is 0 Å². The number of hydrogen-bond acceptors (Lipinski definition) is 4. The number of ether oxygens (including phenoxy) is 2. The Morgan fingerprint density at radius 3 is 1.65 bits per heavy atom. The Kier molecular flexibility index (Phi) is 5.92. The Balaban J connectivity index is 1.75. The summed E-state index contributed by atoms with van der Waals surface area (Å²) in [6.07, 6.45) is 0.921. The van der Waals surface area contributed by atoms with Crippen LogP contribution in [-0.2, 0) is 15.9 Å². The van der Waals surface area contributed by atoms with Gasteiger partial charge in [-0.25, -0.2) is 9.59 Å². The number of carbonyl (C=O) groups excluding carboxylic acids is 2. The Labute approximate surface area is 136 Å². The quantitative estimate of drug-likeness (QED) is 0.604. The maximum atomic E-state index is 11.8. The van der Waals surface area contributed by atoms with Crippen LogP contribution in [0.5, 0.6) is 0 Å². The van der Waals surface area contributed by atoms with Crippen LogP contribution in [0.1, 0.15) is 38.8 Å². The molecule has 0 spiro atoms. The largest absolute Gasteiger partial charge is 0.458 e. The molecular weight excluding hydrogens is 292 g/mol. The van der Waals surface area contributed by atoms with Crippen LogP contribution in [0.4, 0.5) is 0 Å². The molecule has 4 heteroatoms. The van der Waals surface area contributed by atoms with Crippen molar-refractivity contribution in [1.82, 2.24) is 0 Å². The third-order valence-corrected chi connectivity index (χ3v) is 3.43. The van der Waals surface area contributed by atoms with E-state index in [0.29, 0.717) is 11.1 Å². The van der Waals surface area contributed by atoms with Gasteiger partial charge in [0.15, 0.2) is 0 Å². The van der Waals surface area contributed by atoms with E-state index in [1.807, 2.05) is 31.2 Å². The van der Waals surface area contributed by atoms with Crippen molar-refractivity contribution in [2.75, 3.05) is 13.2 Å². The van der Waals surface area contributed by atoms with Gasteiger partial charge in [0, 0.05) is 0 Å². The predicted molar refractivity (Wildman–Crippen MR) is 87.6 cm³/mol. The molecule has 0 saturated carbocycles. The first-order valence-electron chi connectivity index (χ1n) is 7.60. The second-order valence-electron chi connectivity index (χ2n) is 5.19. The highest BCUT2D eigenvalue weighted by Gasteiger charge is 2.09. The number of hydrogen-bond donors (Lipinski definition) is 0. The summed E-state index contributed by atoms with van der Waals surface area (Å²) >= 11 is 0. The lowest BCUT2D eigenvalue weighted by molar-refractivity contribution is 0.0265. The van der Waals surface area contributed by atoms with Crippen LogP contribution in [0.15, 0.2) is 48.5 Å². The van der Waals surface area contributed by atoms with Crippen molar-refractivity contribution in [2.45, 2.75) is 20.3 Å². The average molecular weight is 312 g/mol. The molecule has 23 heavy (non-hydrogen) atoms. The number of aryl methyl sites for hydroxylation is 2. The Bertz CT molecular complexity index is 657. The van der Waals surface area contributed by atoms with Crippen molar-refractivity contribution < 1.29 is 19.1 Å². The molecule has 0 aromatic heterocycles.